The number of pyridine rings is 1. The van der Waals surface area contributed by atoms with Crippen molar-refractivity contribution >= 4 is 33.0 Å². The van der Waals surface area contributed by atoms with Gasteiger partial charge in [0.1, 0.15) is 0 Å². The lowest BCUT2D eigenvalue weighted by molar-refractivity contribution is 0.0826. The number of anilines is 1. The van der Waals surface area contributed by atoms with E-state index in [1.165, 1.54) is 26.7 Å². The van der Waals surface area contributed by atoms with Crippen LogP contribution in [-0.4, -0.2) is 67.1 Å². The van der Waals surface area contributed by atoms with E-state index >= 15 is 0 Å². The van der Waals surface area contributed by atoms with Crippen LogP contribution in [0.5, 0.6) is 0 Å². The van der Waals surface area contributed by atoms with Crippen LogP contribution in [0.15, 0.2) is 52.8 Å². The highest BCUT2D eigenvalue weighted by molar-refractivity contribution is 7.17. The molecule has 1 fully saturated rings. The number of hydrogen-bond acceptors (Lipinski definition) is 5. The molecule has 0 radical (unpaired) electrons. The fourth-order valence-corrected chi connectivity index (χ4v) is 4.83. The largest absolute Gasteiger partial charge is 0.368 e. The van der Waals surface area contributed by atoms with Crippen molar-refractivity contribution in [2.45, 2.75) is 13.0 Å². The van der Waals surface area contributed by atoms with E-state index in [2.05, 4.69) is 39.4 Å². The molecule has 3 aromatic rings. The van der Waals surface area contributed by atoms with Crippen LogP contribution in [0.3, 0.4) is 0 Å². The smallest absolute Gasteiger partial charge is 0.254 e. The zero-order valence-electron chi connectivity index (χ0n) is 17.6. The van der Waals surface area contributed by atoms with E-state index < -0.39 is 0 Å². The van der Waals surface area contributed by atoms with Gasteiger partial charge in [0, 0.05) is 74.9 Å². The predicted molar refractivity (Wildman–Crippen MR) is 124 cm³/mol. The normalized spacial score (nSPS) is 14.9. The number of hydrogen-bond donors (Lipinski definition) is 0. The molecule has 0 unspecified atom stereocenters. The van der Waals surface area contributed by atoms with E-state index in [-0.39, 0.29) is 11.5 Å². The van der Waals surface area contributed by atoms with Crippen LogP contribution >= 0.6 is 11.3 Å². The van der Waals surface area contributed by atoms with Crippen molar-refractivity contribution in [3.05, 3.63) is 63.9 Å². The third kappa shape index (κ3) is 4.42. The summed E-state index contributed by atoms with van der Waals surface area (Å²) in [5, 5.41) is 3.51. The minimum absolute atomic E-state index is 0.0565. The van der Waals surface area contributed by atoms with Gasteiger partial charge in [-0.15, -0.1) is 11.3 Å². The second-order valence-corrected chi connectivity index (χ2v) is 8.89. The van der Waals surface area contributed by atoms with Crippen LogP contribution in [0.4, 0.5) is 5.69 Å². The Kier molecular flexibility index (Phi) is 6.20. The summed E-state index contributed by atoms with van der Waals surface area (Å²) >= 11 is 1.79. The van der Waals surface area contributed by atoms with Gasteiger partial charge in [0.15, 0.2) is 0 Å². The summed E-state index contributed by atoms with van der Waals surface area (Å²) in [7, 11) is 3.44. The summed E-state index contributed by atoms with van der Waals surface area (Å²) in [5.41, 5.74) is 1.83. The van der Waals surface area contributed by atoms with Gasteiger partial charge in [-0.25, -0.2) is 0 Å². The van der Waals surface area contributed by atoms with Crippen LogP contribution < -0.4 is 10.5 Å². The number of aromatic nitrogens is 1. The molecule has 1 amide bonds. The fourth-order valence-electron chi connectivity index (χ4n) is 4.02. The van der Waals surface area contributed by atoms with Gasteiger partial charge in [-0.3, -0.25) is 14.5 Å². The molecule has 2 aromatic heterocycles. The summed E-state index contributed by atoms with van der Waals surface area (Å²) in [6.45, 7) is 5.66. The molecule has 1 saturated heterocycles. The van der Waals surface area contributed by atoms with Crippen molar-refractivity contribution in [3.8, 4) is 0 Å². The minimum atomic E-state index is -0.0829. The Bertz CT molecular complexity index is 1080. The first-order valence-corrected chi connectivity index (χ1v) is 11.3. The molecule has 0 aliphatic carbocycles. The first kappa shape index (κ1) is 20.6. The Hall–Kier alpha value is -2.64. The standard InChI is InChI=1S/C23H28N4O2S/c1-24(2)23(29)18-7-8-22(28)27(17-18)11-4-10-25-12-14-26(15-13-25)20-5-3-6-21-19(20)9-16-30-21/h3,5-9,16-17H,4,10-15H2,1-2H3. The number of thiophene rings is 1. The first-order valence-electron chi connectivity index (χ1n) is 10.4. The number of rotatable bonds is 6. The van der Waals surface area contributed by atoms with Crippen LogP contribution in [0, 0.1) is 0 Å². The molecule has 3 heterocycles. The number of carbonyl (C=O) groups is 1. The minimum Gasteiger partial charge on any atom is -0.368 e. The number of aryl methyl sites for hydroxylation is 1. The molecule has 4 rings (SSSR count). The van der Waals surface area contributed by atoms with E-state index in [1.54, 1.807) is 42.3 Å². The number of carbonyl (C=O) groups excluding carboxylic acids is 1. The predicted octanol–water partition coefficient (Wildman–Crippen LogP) is 2.98. The molecule has 0 atom stereocenters. The van der Waals surface area contributed by atoms with Crippen molar-refractivity contribution in [2.75, 3.05) is 51.7 Å². The number of piperazine rings is 1. The van der Waals surface area contributed by atoms with Crippen molar-refractivity contribution < 1.29 is 4.79 Å². The van der Waals surface area contributed by atoms with Gasteiger partial charge >= 0.3 is 0 Å². The molecule has 1 aromatic carbocycles. The van der Waals surface area contributed by atoms with E-state index in [9.17, 15) is 9.59 Å². The molecule has 1 aliphatic rings. The Morgan fingerprint density at radius 3 is 2.60 bits per heavy atom. The fraction of sp³-hybridized carbons (Fsp3) is 0.391. The molecule has 0 bridgehead atoms. The van der Waals surface area contributed by atoms with Crippen molar-refractivity contribution in [1.29, 1.82) is 0 Å². The molecule has 1 aliphatic heterocycles. The zero-order chi connectivity index (χ0) is 21.1. The SMILES string of the molecule is CN(C)C(=O)c1ccc(=O)n(CCCN2CCN(c3cccc4sccc34)CC2)c1. The maximum Gasteiger partial charge on any atom is 0.254 e. The van der Waals surface area contributed by atoms with E-state index in [1.807, 2.05) is 0 Å². The number of nitrogens with zero attached hydrogens (tertiary/aromatic N) is 4. The third-order valence-corrected chi connectivity index (χ3v) is 6.58. The molecular weight excluding hydrogens is 396 g/mol. The molecule has 158 valence electrons. The van der Waals surface area contributed by atoms with Crippen molar-refractivity contribution in [2.24, 2.45) is 0 Å². The van der Waals surface area contributed by atoms with Gasteiger partial charge in [-0.05, 0) is 42.6 Å². The second kappa shape index (κ2) is 9.02. The number of benzene rings is 1. The van der Waals surface area contributed by atoms with E-state index in [0.717, 1.165) is 39.1 Å². The summed E-state index contributed by atoms with van der Waals surface area (Å²) in [6.07, 6.45) is 2.57. The topological polar surface area (TPSA) is 48.8 Å². The quantitative estimate of drug-likeness (QED) is 0.610. The second-order valence-electron chi connectivity index (χ2n) is 7.94. The molecule has 0 saturated carbocycles. The summed E-state index contributed by atoms with van der Waals surface area (Å²) in [4.78, 5) is 30.8. The Balaban J connectivity index is 1.30. The van der Waals surface area contributed by atoms with Crippen LogP contribution in [0.25, 0.3) is 10.1 Å². The molecule has 0 N–H and O–H groups in total. The summed E-state index contributed by atoms with van der Waals surface area (Å²) in [6, 6.07) is 11.9. The van der Waals surface area contributed by atoms with Gasteiger partial charge in [0.2, 0.25) is 0 Å². The average Bonchev–Trinajstić information content (AvgIpc) is 3.24. The van der Waals surface area contributed by atoms with Crippen molar-refractivity contribution in [1.82, 2.24) is 14.4 Å². The highest BCUT2D eigenvalue weighted by atomic mass is 32.1. The third-order valence-electron chi connectivity index (χ3n) is 5.70. The lowest BCUT2D eigenvalue weighted by Gasteiger charge is -2.36. The maximum atomic E-state index is 12.1. The van der Waals surface area contributed by atoms with E-state index in [4.69, 9.17) is 0 Å². The van der Waals surface area contributed by atoms with Gasteiger partial charge in [0.25, 0.3) is 11.5 Å². The lowest BCUT2D eigenvalue weighted by Crippen LogP contribution is -2.46. The number of amides is 1. The highest BCUT2D eigenvalue weighted by Gasteiger charge is 2.18. The lowest BCUT2D eigenvalue weighted by atomic mass is 10.2. The first-order chi connectivity index (χ1) is 14.5. The zero-order valence-corrected chi connectivity index (χ0v) is 18.4. The van der Waals surface area contributed by atoms with Crippen molar-refractivity contribution in [3.63, 3.8) is 0 Å². The van der Waals surface area contributed by atoms with E-state index in [0.29, 0.717) is 12.1 Å². The van der Waals surface area contributed by atoms with Crippen LogP contribution in [-0.2, 0) is 6.54 Å². The van der Waals surface area contributed by atoms with Gasteiger partial charge in [-0.1, -0.05) is 6.07 Å². The molecule has 7 heteroatoms. The van der Waals surface area contributed by atoms with Gasteiger partial charge in [0.05, 0.1) is 5.56 Å². The highest BCUT2D eigenvalue weighted by Crippen LogP contribution is 2.31. The Morgan fingerprint density at radius 2 is 1.83 bits per heavy atom. The Morgan fingerprint density at radius 1 is 1.03 bits per heavy atom. The molecule has 6 nitrogen and oxygen atoms in total. The van der Waals surface area contributed by atoms with Gasteiger partial charge in [-0.2, -0.15) is 0 Å². The summed E-state index contributed by atoms with van der Waals surface area (Å²) < 4.78 is 3.00. The molecular formula is C23H28N4O2S. The maximum absolute atomic E-state index is 12.1. The average molecular weight is 425 g/mol. The Labute approximate surface area is 180 Å². The monoisotopic (exact) mass is 424 g/mol. The van der Waals surface area contributed by atoms with Crippen LogP contribution in [0.2, 0.25) is 0 Å². The summed E-state index contributed by atoms with van der Waals surface area (Å²) in [5.74, 6) is -0.0829. The number of fused-ring (bicyclic) bond motifs is 1. The molecule has 0 spiro atoms. The van der Waals surface area contributed by atoms with Crippen LogP contribution in [0.1, 0.15) is 16.8 Å². The van der Waals surface area contributed by atoms with Gasteiger partial charge < -0.3 is 14.4 Å². The molecule has 30 heavy (non-hydrogen) atoms.